The topological polar surface area (TPSA) is 46.5 Å². The molecule has 0 aliphatic heterocycles. The highest BCUT2D eigenvalue weighted by Gasteiger charge is 2.04. The van der Waals surface area contributed by atoms with Gasteiger partial charge in [0.2, 0.25) is 0 Å². The van der Waals surface area contributed by atoms with Gasteiger partial charge in [0.25, 0.3) is 6.47 Å². The minimum atomic E-state index is 0.0656. The number of allylic oxidation sites excluding steroid dienone is 3. The molecule has 0 fully saturated rings. The van der Waals surface area contributed by atoms with E-state index in [1.165, 1.54) is 0 Å². The maximum atomic E-state index is 10.3. The first-order valence-electron chi connectivity index (χ1n) is 6.09. The molecule has 0 bridgehead atoms. The Kier molecular flexibility index (Phi) is 6.12. The molecule has 106 valence electrons. The highest BCUT2D eigenvalue weighted by Crippen LogP contribution is 2.31. The van der Waals surface area contributed by atoms with Gasteiger partial charge in [-0.25, -0.2) is 0 Å². The summed E-state index contributed by atoms with van der Waals surface area (Å²) < 4.78 is 4.86. The van der Waals surface area contributed by atoms with Gasteiger partial charge >= 0.3 is 0 Å². The summed E-state index contributed by atoms with van der Waals surface area (Å²) in [5.41, 5.74) is 1.62. The number of thioether (sulfide) groups is 1. The Hall–Kier alpha value is -1.94. The Bertz CT molecular complexity index is 571. The smallest absolute Gasteiger partial charge is 0.298 e. The summed E-state index contributed by atoms with van der Waals surface area (Å²) in [5, 5.41) is 9.32. The Labute approximate surface area is 123 Å². The maximum absolute atomic E-state index is 10.3. The SMILES string of the molecule is C=C(O)/C(C)=C\C(=C/C)Sc1ccc(OC=O)c(C)c1. The lowest BCUT2D eigenvalue weighted by Gasteiger charge is -2.07. The Morgan fingerprint density at radius 3 is 2.65 bits per heavy atom. The van der Waals surface area contributed by atoms with E-state index in [0.29, 0.717) is 12.2 Å². The van der Waals surface area contributed by atoms with Crippen LogP contribution in [-0.4, -0.2) is 11.6 Å². The van der Waals surface area contributed by atoms with Crippen molar-refractivity contribution in [1.29, 1.82) is 0 Å². The molecular formula is C16H18O3S. The molecule has 0 aliphatic carbocycles. The van der Waals surface area contributed by atoms with Gasteiger partial charge in [-0.1, -0.05) is 24.4 Å². The molecule has 0 atom stereocenters. The third-order valence-corrected chi connectivity index (χ3v) is 3.73. The van der Waals surface area contributed by atoms with Crippen molar-refractivity contribution in [2.45, 2.75) is 25.7 Å². The average molecular weight is 290 g/mol. The molecule has 0 unspecified atom stereocenters. The second kappa shape index (κ2) is 7.60. The van der Waals surface area contributed by atoms with E-state index in [1.807, 2.05) is 38.1 Å². The number of hydrogen-bond acceptors (Lipinski definition) is 4. The van der Waals surface area contributed by atoms with Crippen molar-refractivity contribution < 1.29 is 14.6 Å². The zero-order valence-corrected chi connectivity index (χ0v) is 12.7. The molecule has 0 aromatic heterocycles. The molecule has 0 saturated heterocycles. The molecular weight excluding hydrogens is 272 g/mol. The number of ether oxygens (including phenoxy) is 1. The Morgan fingerprint density at radius 1 is 1.45 bits per heavy atom. The van der Waals surface area contributed by atoms with E-state index < -0.39 is 0 Å². The second-order valence-electron chi connectivity index (χ2n) is 4.21. The first-order valence-corrected chi connectivity index (χ1v) is 6.91. The van der Waals surface area contributed by atoms with Gasteiger partial charge in [0.1, 0.15) is 11.5 Å². The lowest BCUT2D eigenvalue weighted by Crippen LogP contribution is -1.91. The third-order valence-electron chi connectivity index (χ3n) is 2.66. The number of benzene rings is 1. The van der Waals surface area contributed by atoms with E-state index in [0.717, 1.165) is 20.9 Å². The molecule has 1 aromatic carbocycles. The molecule has 0 saturated carbocycles. The maximum Gasteiger partial charge on any atom is 0.298 e. The zero-order chi connectivity index (χ0) is 15.1. The van der Waals surface area contributed by atoms with Crippen molar-refractivity contribution in [3.05, 3.63) is 58.7 Å². The number of rotatable bonds is 6. The summed E-state index contributed by atoms with van der Waals surface area (Å²) in [6.07, 6.45) is 3.83. The molecule has 0 radical (unpaired) electrons. The standard InChI is InChI=1S/C16H18O3S/c1-5-14(8-11(2)13(4)18)20-15-6-7-16(19-10-17)12(3)9-15/h5-10,18H,4H2,1-3H3/b11-8-,14-5+. The normalized spacial score (nSPS) is 12.2. The molecule has 3 nitrogen and oxygen atoms in total. The number of carbonyl (C=O) groups excluding carboxylic acids is 1. The average Bonchev–Trinajstić information content (AvgIpc) is 2.41. The van der Waals surface area contributed by atoms with Crippen molar-refractivity contribution in [3.63, 3.8) is 0 Å². The fourth-order valence-electron chi connectivity index (χ4n) is 1.47. The van der Waals surface area contributed by atoms with Crippen LogP contribution in [0.4, 0.5) is 0 Å². The van der Waals surface area contributed by atoms with Gasteiger partial charge in [0.05, 0.1) is 0 Å². The molecule has 4 heteroatoms. The number of carbonyl (C=O) groups is 1. The minimum absolute atomic E-state index is 0.0656. The Morgan fingerprint density at radius 2 is 2.15 bits per heavy atom. The van der Waals surface area contributed by atoms with Crippen LogP contribution < -0.4 is 4.74 Å². The summed E-state index contributed by atoms with van der Waals surface area (Å²) in [6.45, 7) is 9.54. The van der Waals surface area contributed by atoms with Crippen molar-refractivity contribution in [2.24, 2.45) is 0 Å². The lowest BCUT2D eigenvalue weighted by molar-refractivity contribution is -0.120. The number of aliphatic hydroxyl groups is 1. The summed E-state index contributed by atoms with van der Waals surface area (Å²) >= 11 is 1.56. The minimum Gasteiger partial charge on any atom is -0.508 e. The van der Waals surface area contributed by atoms with Crippen LogP contribution in [0, 0.1) is 6.92 Å². The molecule has 0 spiro atoms. The Balaban J connectivity index is 2.92. The predicted molar refractivity (Wildman–Crippen MR) is 83.0 cm³/mol. The van der Waals surface area contributed by atoms with Gasteiger partial charge in [-0.2, -0.15) is 0 Å². The number of aliphatic hydroxyl groups excluding tert-OH is 1. The van der Waals surface area contributed by atoms with Crippen molar-refractivity contribution in [1.82, 2.24) is 0 Å². The third kappa shape index (κ3) is 4.63. The molecule has 20 heavy (non-hydrogen) atoms. The summed E-state index contributed by atoms with van der Waals surface area (Å²) in [5.74, 6) is 0.623. The van der Waals surface area contributed by atoms with Crippen LogP contribution in [0.3, 0.4) is 0 Å². The van der Waals surface area contributed by atoms with Crippen LogP contribution in [0.25, 0.3) is 0 Å². The summed E-state index contributed by atoms with van der Waals surface area (Å²) in [6, 6.07) is 5.60. The van der Waals surface area contributed by atoms with E-state index in [9.17, 15) is 9.90 Å². The largest absolute Gasteiger partial charge is 0.508 e. The monoisotopic (exact) mass is 290 g/mol. The van der Waals surface area contributed by atoms with E-state index in [-0.39, 0.29) is 5.76 Å². The number of aryl methyl sites for hydroxylation is 1. The van der Waals surface area contributed by atoms with E-state index in [1.54, 1.807) is 24.8 Å². The van der Waals surface area contributed by atoms with Crippen LogP contribution in [-0.2, 0) is 4.79 Å². The molecule has 1 N–H and O–H groups in total. The highest BCUT2D eigenvalue weighted by atomic mass is 32.2. The predicted octanol–water partition coefficient (Wildman–Crippen LogP) is 4.54. The van der Waals surface area contributed by atoms with Gasteiger partial charge in [0.15, 0.2) is 0 Å². The highest BCUT2D eigenvalue weighted by molar-refractivity contribution is 8.03. The molecule has 1 rings (SSSR count). The number of hydrogen-bond donors (Lipinski definition) is 1. The summed E-state index contributed by atoms with van der Waals surface area (Å²) in [4.78, 5) is 12.4. The van der Waals surface area contributed by atoms with Gasteiger partial charge in [-0.3, -0.25) is 4.79 Å². The molecule has 0 heterocycles. The van der Waals surface area contributed by atoms with Crippen LogP contribution in [0.15, 0.2) is 58.1 Å². The first kappa shape index (κ1) is 16.1. The first-order chi connectivity index (χ1) is 9.47. The van der Waals surface area contributed by atoms with Crippen molar-refractivity contribution in [2.75, 3.05) is 0 Å². The van der Waals surface area contributed by atoms with Gasteiger partial charge in [0, 0.05) is 9.80 Å². The second-order valence-corrected chi connectivity index (χ2v) is 5.36. The molecule has 0 aliphatic rings. The lowest BCUT2D eigenvalue weighted by atomic mass is 10.2. The van der Waals surface area contributed by atoms with Gasteiger partial charge < -0.3 is 9.84 Å². The molecule has 0 amide bonds. The zero-order valence-electron chi connectivity index (χ0n) is 11.8. The van der Waals surface area contributed by atoms with E-state index in [4.69, 9.17) is 4.74 Å². The van der Waals surface area contributed by atoms with Gasteiger partial charge in [-0.05, 0) is 56.2 Å². The van der Waals surface area contributed by atoms with Crippen molar-refractivity contribution >= 4 is 18.2 Å². The summed E-state index contributed by atoms with van der Waals surface area (Å²) in [7, 11) is 0. The van der Waals surface area contributed by atoms with Crippen LogP contribution in [0.1, 0.15) is 19.4 Å². The van der Waals surface area contributed by atoms with Crippen molar-refractivity contribution in [3.8, 4) is 5.75 Å². The molecule has 1 aromatic rings. The van der Waals surface area contributed by atoms with E-state index >= 15 is 0 Å². The fraction of sp³-hybridized carbons (Fsp3) is 0.188. The van der Waals surface area contributed by atoms with Crippen LogP contribution in [0.2, 0.25) is 0 Å². The fourth-order valence-corrected chi connectivity index (χ4v) is 2.47. The van der Waals surface area contributed by atoms with Crippen LogP contribution >= 0.6 is 11.8 Å². The quantitative estimate of drug-likeness (QED) is 0.361. The van der Waals surface area contributed by atoms with E-state index in [2.05, 4.69) is 6.58 Å². The van der Waals surface area contributed by atoms with Crippen LogP contribution in [0.5, 0.6) is 5.75 Å². The van der Waals surface area contributed by atoms with Gasteiger partial charge in [-0.15, -0.1) is 0 Å².